The number of hydrogen-bond donors (Lipinski definition) is 2. The maximum atomic E-state index is 12.1. The highest BCUT2D eigenvalue weighted by atomic mass is 16.6. The second-order valence-electron chi connectivity index (χ2n) is 5.99. The summed E-state index contributed by atoms with van der Waals surface area (Å²) in [6.07, 6.45) is 0. The first-order valence-electron chi connectivity index (χ1n) is 8.04. The van der Waals surface area contributed by atoms with Gasteiger partial charge in [-0.1, -0.05) is 12.1 Å². The van der Waals surface area contributed by atoms with Crippen molar-refractivity contribution < 1.29 is 23.7 Å². The first-order chi connectivity index (χ1) is 12.8. The van der Waals surface area contributed by atoms with Crippen molar-refractivity contribution in [1.29, 1.82) is 0 Å². The second-order valence-corrected chi connectivity index (χ2v) is 5.99. The van der Waals surface area contributed by atoms with Crippen molar-refractivity contribution in [2.24, 2.45) is 0 Å². The lowest BCUT2D eigenvalue weighted by molar-refractivity contribution is -0.384. The molecule has 140 valence electrons. The Bertz CT molecular complexity index is 975. The predicted molar refractivity (Wildman–Crippen MR) is 94.7 cm³/mol. The molecule has 0 spiro atoms. The van der Waals surface area contributed by atoms with E-state index in [-0.39, 0.29) is 22.8 Å². The number of rotatable bonds is 4. The molecule has 2 heterocycles. The van der Waals surface area contributed by atoms with Crippen molar-refractivity contribution in [3.8, 4) is 11.3 Å². The molecule has 0 radical (unpaired) electrons. The number of benzene rings is 1. The lowest BCUT2D eigenvalue weighted by Crippen LogP contribution is -2.45. The van der Waals surface area contributed by atoms with Crippen LogP contribution in [0.25, 0.3) is 11.3 Å². The third-order valence-corrected chi connectivity index (χ3v) is 4.28. The minimum Gasteiger partial charge on any atom is -0.466 e. The Morgan fingerprint density at radius 1 is 1.26 bits per heavy atom. The Morgan fingerprint density at radius 3 is 2.67 bits per heavy atom. The van der Waals surface area contributed by atoms with Crippen LogP contribution in [0.3, 0.4) is 0 Å². The Kier molecular flexibility index (Phi) is 4.68. The first kappa shape index (κ1) is 18.2. The summed E-state index contributed by atoms with van der Waals surface area (Å²) in [5, 5.41) is 16.5. The topological polar surface area (TPSA) is 124 Å². The van der Waals surface area contributed by atoms with Crippen LogP contribution in [0.2, 0.25) is 0 Å². The quantitative estimate of drug-likeness (QED) is 0.484. The molecule has 27 heavy (non-hydrogen) atoms. The number of ether oxygens (including phenoxy) is 1. The van der Waals surface area contributed by atoms with Crippen LogP contribution in [-0.2, 0) is 9.53 Å². The highest BCUT2D eigenvalue weighted by Gasteiger charge is 2.34. The average molecular weight is 371 g/mol. The molecule has 9 nitrogen and oxygen atoms in total. The van der Waals surface area contributed by atoms with Crippen LogP contribution >= 0.6 is 0 Å². The fraction of sp³-hybridized carbons (Fsp3) is 0.222. The Hall–Kier alpha value is -3.62. The number of aryl methyl sites for hydroxylation is 1. The fourth-order valence-corrected chi connectivity index (χ4v) is 3.06. The molecule has 9 heteroatoms. The third-order valence-electron chi connectivity index (χ3n) is 4.28. The zero-order valence-electron chi connectivity index (χ0n) is 14.9. The molecule has 1 atom stereocenters. The molecule has 1 aromatic carbocycles. The van der Waals surface area contributed by atoms with Gasteiger partial charge in [-0.2, -0.15) is 0 Å². The minimum atomic E-state index is -0.872. The number of amides is 2. The molecule has 2 aromatic rings. The SMILES string of the molecule is COC(=O)C1=C(C)NC(=O)N[C@@H]1c1ccc(-c2c(C)cccc2[N+](=O)[O-])o1. The van der Waals surface area contributed by atoms with Gasteiger partial charge in [-0.05, 0) is 31.5 Å². The monoisotopic (exact) mass is 371 g/mol. The molecule has 2 N–H and O–H groups in total. The van der Waals surface area contributed by atoms with Gasteiger partial charge >= 0.3 is 12.0 Å². The zero-order chi connectivity index (χ0) is 19.7. The lowest BCUT2D eigenvalue weighted by atomic mass is 10.0. The first-order valence-corrected chi connectivity index (χ1v) is 8.04. The molecule has 0 aliphatic carbocycles. The number of methoxy groups -OCH3 is 1. The smallest absolute Gasteiger partial charge is 0.338 e. The molecule has 2 amide bonds. The maximum absolute atomic E-state index is 12.1. The summed E-state index contributed by atoms with van der Waals surface area (Å²) >= 11 is 0. The average Bonchev–Trinajstić information content (AvgIpc) is 3.09. The Morgan fingerprint density at radius 2 is 2.00 bits per heavy atom. The standard InChI is InChI=1S/C18H17N3O6/c1-9-5-4-6-11(21(24)25)14(9)12-7-8-13(27-12)16-15(17(22)26-3)10(2)19-18(23)20-16/h4-8,16H,1-3H3,(H2,19,20,23)/t16-/m1/s1. The molecule has 0 bridgehead atoms. The Labute approximate surface area is 154 Å². The Balaban J connectivity index is 2.09. The summed E-state index contributed by atoms with van der Waals surface area (Å²) < 4.78 is 10.6. The van der Waals surface area contributed by atoms with Crippen LogP contribution in [-0.4, -0.2) is 24.0 Å². The van der Waals surface area contributed by atoms with Crippen LogP contribution in [0.5, 0.6) is 0 Å². The number of allylic oxidation sites excluding steroid dienone is 1. The molecule has 1 aromatic heterocycles. The van der Waals surface area contributed by atoms with Gasteiger partial charge < -0.3 is 19.8 Å². The lowest BCUT2D eigenvalue weighted by Gasteiger charge is -2.26. The zero-order valence-corrected chi connectivity index (χ0v) is 14.9. The third kappa shape index (κ3) is 3.26. The number of furan rings is 1. The molecule has 0 unspecified atom stereocenters. The van der Waals surface area contributed by atoms with Gasteiger partial charge in [-0.25, -0.2) is 9.59 Å². The fourth-order valence-electron chi connectivity index (χ4n) is 3.06. The van der Waals surface area contributed by atoms with E-state index in [1.165, 1.54) is 13.2 Å². The molecular formula is C18H17N3O6. The molecule has 0 fully saturated rings. The van der Waals surface area contributed by atoms with Crippen molar-refractivity contribution in [3.05, 3.63) is 63.0 Å². The van der Waals surface area contributed by atoms with Crippen LogP contribution in [0.4, 0.5) is 10.5 Å². The van der Waals surface area contributed by atoms with Crippen LogP contribution in [0.15, 0.2) is 46.0 Å². The molecule has 1 aliphatic heterocycles. The number of carbonyl (C=O) groups excluding carboxylic acids is 2. The minimum absolute atomic E-state index is 0.0924. The summed E-state index contributed by atoms with van der Waals surface area (Å²) in [7, 11) is 1.24. The van der Waals surface area contributed by atoms with E-state index in [0.29, 0.717) is 16.8 Å². The number of nitrogens with one attached hydrogen (secondary N) is 2. The van der Waals surface area contributed by atoms with Gasteiger partial charge in [0.15, 0.2) is 0 Å². The predicted octanol–water partition coefficient (Wildman–Crippen LogP) is 2.96. The molecule has 0 saturated heterocycles. The summed E-state index contributed by atoms with van der Waals surface area (Å²) in [5.74, 6) is -0.0913. The van der Waals surface area contributed by atoms with Gasteiger partial charge in [-0.3, -0.25) is 10.1 Å². The largest absolute Gasteiger partial charge is 0.466 e. The summed E-state index contributed by atoms with van der Waals surface area (Å²) in [4.78, 5) is 34.9. The maximum Gasteiger partial charge on any atom is 0.338 e. The van der Waals surface area contributed by atoms with E-state index in [0.717, 1.165) is 0 Å². The van der Waals surface area contributed by atoms with Crippen molar-refractivity contribution in [3.63, 3.8) is 0 Å². The van der Waals surface area contributed by atoms with E-state index < -0.39 is 23.0 Å². The van der Waals surface area contributed by atoms with E-state index in [1.807, 2.05) is 0 Å². The van der Waals surface area contributed by atoms with Crippen molar-refractivity contribution in [2.75, 3.05) is 7.11 Å². The highest BCUT2D eigenvalue weighted by Crippen LogP contribution is 2.37. The van der Waals surface area contributed by atoms with Crippen LogP contribution < -0.4 is 10.6 Å². The van der Waals surface area contributed by atoms with Gasteiger partial charge in [-0.15, -0.1) is 0 Å². The molecule has 1 aliphatic rings. The number of urea groups is 1. The number of nitro benzene ring substituents is 1. The number of nitrogens with zero attached hydrogens (tertiary/aromatic N) is 1. The van der Waals surface area contributed by atoms with Gasteiger partial charge in [0, 0.05) is 11.8 Å². The van der Waals surface area contributed by atoms with Crippen LogP contribution in [0, 0.1) is 17.0 Å². The molecular weight excluding hydrogens is 354 g/mol. The normalized spacial score (nSPS) is 16.6. The van der Waals surface area contributed by atoms with E-state index in [9.17, 15) is 19.7 Å². The van der Waals surface area contributed by atoms with E-state index in [1.54, 1.807) is 38.1 Å². The van der Waals surface area contributed by atoms with E-state index in [4.69, 9.17) is 9.15 Å². The van der Waals surface area contributed by atoms with E-state index >= 15 is 0 Å². The van der Waals surface area contributed by atoms with Gasteiger partial charge in [0.25, 0.3) is 5.69 Å². The van der Waals surface area contributed by atoms with Gasteiger partial charge in [0.2, 0.25) is 0 Å². The second kappa shape index (κ2) is 6.94. The number of esters is 1. The highest BCUT2D eigenvalue weighted by molar-refractivity contribution is 5.94. The molecule has 0 saturated carbocycles. The number of hydrogen-bond acceptors (Lipinski definition) is 6. The number of carbonyl (C=O) groups is 2. The van der Waals surface area contributed by atoms with Crippen molar-refractivity contribution >= 4 is 17.7 Å². The summed E-state index contributed by atoms with van der Waals surface area (Å²) in [6, 6.07) is 6.49. The summed E-state index contributed by atoms with van der Waals surface area (Å²) in [5.41, 5.74) is 1.45. The van der Waals surface area contributed by atoms with E-state index in [2.05, 4.69) is 10.6 Å². The van der Waals surface area contributed by atoms with Crippen molar-refractivity contribution in [1.82, 2.24) is 10.6 Å². The number of nitro groups is 1. The van der Waals surface area contributed by atoms with Crippen LogP contribution in [0.1, 0.15) is 24.3 Å². The summed E-state index contributed by atoms with van der Waals surface area (Å²) in [6.45, 7) is 3.31. The molecule has 3 rings (SSSR count). The van der Waals surface area contributed by atoms with Gasteiger partial charge in [0.1, 0.15) is 17.6 Å². The van der Waals surface area contributed by atoms with Crippen molar-refractivity contribution in [2.45, 2.75) is 19.9 Å². The van der Waals surface area contributed by atoms with Gasteiger partial charge in [0.05, 0.1) is 23.2 Å².